The van der Waals surface area contributed by atoms with Gasteiger partial charge in [-0.15, -0.1) is 0 Å². The molecule has 7 nitrogen and oxygen atoms in total. The second kappa shape index (κ2) is 9.53. The second-order valence-electron chi connectivity index (χ2n) is 5.44. The minimum absolute atomic E-state index is 0.164. The normalized spacial score (nSPS) is 11.6. The molecule has 0 spiro atoms. The molecule has 0 radical (unpaired) electrons. The predicted octanol–water partition coefficient (Wildman–Crippen LogP) is 0.506. The van der Waals surface area contributed by atoms with Crippen molar-refractivity contribution in [3.8, 4) is 11.1 Å². The van der Waals surface area contributed by atoms with Gasteiger partial charge in [0.1, 0.15) is 6.04 Å². The van der Waals surface area contributed by atoms with Gasteiger partial charge in [-0.05, 0) is 23.3 Å². The highest BCUT2D eigenvalue weighted by Crippen LogP contribution is 2.19. The van der Waals surface area contributed by atoms with E-state index in [4.69, 9.17) is 10.9 Å². The molecule has 0 fully saturated rings. The smallest absolute Gasteiger partial charge is 0.267 e. The topological polar surface area (TPSA) is 116 Å². The minimum Gasteiger partial charge on any atom is -0.339 e. The highest BCUT2D eigenvalue weighted by atomic mass is 16.5. The average molecular weight is 342 g/mol. The molecule has 7 heteroatoms. The quantitative estimate of drug-likeness (QED) is 0.272. The number of carbonyl (C=O) groups excluding carboxylic acids is 2. The van der Waals surface area contributed by atoms with Crippen LogP contribution in [0.25, 0.3) is 11.1 Å². The summed E-state index contributed by atoms with van der Waals surface area (Å²) in [5, 5.41) is 14.3. The fourth-order valence-electron chi connectivity index (χ4n) is 2.32. The molecule has 0 aromatic heterocycles. The first-order valence-electron chi connectivity index (χ1n) is 7.96. The monoisotopic (exact) mass is 342 g/mol. The second-order valence-corrected chi connectivity index (χ2v) is 5.44. The third-order valence-corrected chi connectivity index (χ3v) is 3.66. The number of benzene rings is 2. The third kappa shape index (κ3) is 5.39. The molecule has 0 heterocycles. The van der Waals surface area contributed by atoms with E-state index in [1.807, 2.05) is 42.5 Å². The summed E-state index contributed by atoms with van der Waals surface area (Å²) in [5.41, 5.74) is 9.40. The summed E-state index contributed by atoms with van der Waals surface area (Å²) >= 11 is 0. The van der Waals surface area contributed by atoms with E-state index in [2.05, 4.69) is 10.6 Å². The number of rotatable bonds is 8. The van der Waals surface area contributed by atoms with E-state index in [-0.39, 0.29) is 6.54 Å². The SMILES string of the molecule is NCCNC[C@H](NC(=O)c1ccc(-c2ccccc2)cc1)C(=O)NO. The number of hydrogen-bond donors (Lipinski definition) is 5. The van der Waals surface area contributed by atoms with Gasteiger partial charge in [0.05, 0.1) is 0 Å². The number of carbonyl (C=O) groups is 2. The summed E-state index contributed by atoms with van der Waals surface area (Å²) in [5.74, 6) is -1.10. The van der Waals surface area contributed by atoms with Crippen LogP contribution in [0.1, 0.15) is 10.4 Å². The molecule has 0 aliphatic heterocycles. The first-order valence-corrected chi connectivity index (χ1v) is 7.96. The molecule has 25 heavy (non-hydrogen) atoms. The van der Waals surface area contributed by atoms with Gasteiger partial charge in [0.15, 0.2) is 0 Å². The Bertz CT molecular complexity index is 689. The maximum absolute atomic E-state index is 12.3. The summed E-state index contributed by atoms with van der Waals surface area (Å²) in [4.78, 5) is 24.0. The Balaban J connectivity index is 2.04. The first-order chi connectivity index (χ1) is 12.2. The fourth-order valence-corrected chi connectivity index (χ4v) is 2.32. The van der Waals surface area contributed by atoms with E-state index in [0.29, 0.717) is 18.7 Å². The molecule has 2 amide bonds. The maximum Gasteiger partial charge on any atom is 0.267 e. The van der Waals surface area contributed by atoms with Gasteiger partial charge in [-0.1, -0.05) is 42.5 Å². The van der Waals surface area contributed by atoms with Gasteiger partial charge in [0.25, 0.3) is 11.8 Å². The molecule has 1 atom stereocenters. The minimum atomic E-state index is -0.905. The van der Waals surface area contributed by atoms with Crippen LogP contribution in [0.3, 0.4) is 0 Å². The molecule has 0 aliphatic rings. The lowest BCUT2D eigenvalue weighted by Gasteiger charge is -2.17. The Kier molecular flexibility index (Phi) is 7.09. The van der Waals surface area contributed by atoms with Gasteiger partial charge < -0.3 is 16.4 Å². The zero-order chi connectivity index (χ0) is 18.1. The van der Waals surface area contributed by atoms with E-state index in [1.54, 1.807) is 17.6 Å². The molecule has 0 aliphatic carbocycles. The number of hydrogen-bond acceptors (Lipinski definition) is 5. The standard InChI is InChI=1S/C18H22N4O3/c19-10-11-20-12-16(18(24)22-25)21-17(23)15-8-6-14(7-9-15)13-4-2-1-3-5-13/h1-9,16,20,25H,10-12,19H2,(H,21,23)(H,22,24)/t16-/m0/s1. The number of hydroxylamine groups is 1. The molecule has 0 bridgehead atoms. The van der Waals surface area contributed by atoms with Gasteiger partial charge in [0, 0.05) is 25.2 Å². The summed E-state index contributed by atoms with van der Waals surface area (Å²) in [6.45, 7) is 1.07. The van der Waals surface area contributed by atoms with Crippen LogP contribution in [0, 0.1) is 0 Å². The number of nitrogens with one attached hydrogen (secondary N) is 3. The van der Waals surface area contributed by atoms with Crippen molar-refractivity contribution in [2.75, 3.05) is 19.6 Å². The summed E-state index contributed by atoms with van der Waals surface area (Å²) in [6, 6.07) is 16.0. The first kappa shape index (κ1) is 18.6. The molecule has 0 saturated carbocycles. The summed E-state index contributed by atoms with van der Waals surface area (Å²) < 4.78 is 0. The zero-order valence-corrected chi connectivity index (χ0v) is 13.7. The van der Waals surface area contributed by atoms with Crippen molar-refractivity contribution in [2.24, 2.45) is 5.73 Å². The highest BCUT2D eigenvalue weighted by molar-refractivity contribution is 5.97. The van der Waals surface area contributed by atoms with Gasteiger partial charge in [0.2, 0.25) is 0 Å². The zero-order valence-electron chi connectivity index (χ0n) is 13.7. The number of nitrogens with two attached hydrogens (primary N) is 1. The van der Waals surface area contributed by atoms with Crippen molar-refractivity contribution < 1.29 is 14.8 Å². The molecular weight excluding hydrogens is 320 g/mol. The van der Waals surface area contributed by atoms with E-state index in [1.165, 1.54) is 0 Å². The van der Waals surface area contributed by atoms with Gasteiger partial charge >= 0.3 is 0 Å². The molecule has 2 aromatic rings. The van der Waals surface area contributed by atoms with E-state index in [9.17, 15) is 9.59 Å². The van der Waals surface area contributed by atoms with Crippen molar-refractivity contribution in [1.82, 2.24) is 16.1 Å². The van der Waals surface area contributed by atoms with Crippen LogP contribution in [0.2, 0.25) is 0 Å². The van der Waals surface area contributed by atoms with Crippen LogP contribution < -0.4 is 21.8 Å². The molecule has 2 aromatic carbocycles. The average Bonchev–Trinajstić information content (AvgIpc) is 2.67. The Hall–Kier alpha value is -2.74. The van der Waals surface area contributed by atoms with Crippen LogP contribution in [0.4, 0.5) is 0 Å². The van der Waals surface area contributed by atoms with E-state index in [0.717, 1.165) is 11.1 Å². The molecule has 6 N–H and O–H groups in total. The molecule has 2 rings (SSSR count). The van der Waals surface area contributed by atoms with Crippen LogP contribution >= 0.6 is 0 Å². The van der Waals surface area contributed by atoms with Crippen molar-refractivity contribution >= 4 is 11.8 Å². The van der Waals surface area contributed by atoms with Gasteiger partial charge in [-0.2, -0.15) is 0 Å². The van der Waals surface area contributed by atoms with E-state index >= 15 is 0 Å². The van der Waals surface area contributed by atoms with Crippen LogP contribution in [-0.2, 0) is 4.79 Å². The van der Waals surface area contributed by atoms with Crippen LogP contribution in [-0.4, -0.2) is 42.7 Å². The summed E-state index contributed by atoms with van der Waals surface area (Å²) in [6.07, 6.45) is 0. The van der Waals surface area contributed by atoms with Crippen LogP contribution in [0.5, 0.6) is 0 Å². The predicted molar refractivity (Wildman–Crippen MR) is 95.0 cm³/mol. The van der Waals surface area contributed by atoms with Crippen molar-refractivity contribution in [3.05, 3.63) is 60.2 Å². The van der Waals surface area contributed by atoms with Crippen molar-refractivity contribution in [3.63, 3.8) is 0 Å². The Morgan fingerprint density at radius 3 is 2.24 bits per heavy atom. The lowest BCUT2D eigenvalue weighted by Crippen LogP contribution is -2.51. The van der Waals surface area contributed by atoms with E-state index < -0.39 is 17.9 Å². The van der Waals surface area contributed by atoms with Gasteiger partial charge in [-0.25, -0.2) is 5.48 Å². The Labute approximate surface area is 146 Å². The number of amides is 2. The van der Waals surface area contributed by atoms with Crippen molar-refractivity contribution in [2.45, 2.75) is 6.04 Å². The summed E-state index contributed by atoms with van der Waals surface area (Å²) in [7, 11) is 0. The third-order valence-electron chi connectivity index (χ3n) is 3.66. The van der Waals surface area contributed by atoms with Crippen LogP contribution in [0.15, 0.2) is 54.6 Å². The lowest BCUT2D eigenvalue weighted by molar-refractivity contribution is -0.131. The van der Waals surface area contributed by atoms with Gasteiger partial charge in [-0.3, -0.25) is 14.8 Å². The molecule has 0 saturated heterocycles. The maximum atomic E-state index is 12.3. The van der Waals surface area contributed by atoms with Crippen molar-refractivity contribution in [1.29, 1.82) is 0 Å². The largest absolute Gasteiger partial charge is 0.339 e. The molecule has 132 valence electrons. The molecular formula is C18H22N4O3. The highest BCUT2D eigenvalue weighted by Gasteiger charge is 2.20. The lowest BCUT2D eigenvalue weighted by atomic mass is 10.0. The Morgan fingerprint density at radius 2 is 1.64 bits per heavy atom. The molecule has 0 unspecified atom stereocenters. The Morgan fingerprint density at radius 1 is 1.00 bits per heavy atom. The fraction of sp³-hybridized carbons (Fsp3) is 0.222.